The highest BCUT2D eigenvalue weighted by Gasteiger charge is 2.53. The van der Waals surface area contributed by atoms with E-state index >= 15 is 0 Å². The Bertz CT molecular complexity index is 217. The SMILES string of the molecule is C[C+]1C2CC(=O)N([O-])C1C[C@H]2C. The van der Waals surface area contributed by atoms with Crippen LogP contribution in [0.4, 0.5) is 0 Å². The lowest BCUT2D eigenvalue weighted by atomic mass is 9.85. The van der Waals surface area contributed by atoms with Crippen LogP contribution in [0.25, 0.3) is 0 Å². The second kappa shape index (κ2) is 2.39. The smallest absolute Gasteiger partial charge is 0.220 e. The zero-order valence-corrected chi connectivity index (χ0v) is 7.41. The van der Waals surface area contributed by atoms with E-state index in [1.54, 1.807) is 0 Å². The summed E-state index contributed by atoms with van der Waals surface area (Å²) in [6, 6.07) is -0.105. The average Bonchev–Trinajstić information content (AvgIpc) is 2.23. The first-order valence-corrected chi connectivity index (χ1v) is 4.43. The molecule has 3 nitrogen and oxygen atoms in total. The van der Waals surface area contributed by atoms with Crippen molar-refractivity contribution in [2.24, 2.45) is 11.8 Å². The Balaban J connectivity index is 2.25. The lowest BCUT2D eigenvalue weighted by Gasteiger charge is -2.35. The minimum absolute atomic E-state index is 0.105. The minimum atomic E-state index is -0.222. The summed E-state index contributed by atoms with van der Waals surface area (Å²) in [7, 11) is 0. The van der Waals surface area contributed by atoms with E-state index in [0.717, 1.165) is 6.42 Å². The molecule has 2 bridgehead atoms. The molecule has 3 heteroatoms. The van der Waals surface area contributed by atoms with Crippen molar-refractivity contribution in [1.29, 1.82) is 0 Å². The van der Waals surface area contributed by atoms with Gasteiger partial charge in [-0.15, -0.1) is 0 Å². The number of piperidine rings is 1. The van der Waals surface area contributed by atoms with Crippen molar-refractivity contribution in [3.8, 4) is 0 Å². The number of carbonyl (C=O) groups is 1. The van der Waals surface area contributed by atoms with Crippen LogP contribution in [0.2, 0.25) is 0 Å². The highest BCUT2D eigenvalue weighted by atomic mass is 16.5. The molecule has 0 radical (unpaired) electrons. The monoisotopic (exact) mass is 167 g/mol. The number of rotatable bonds is 0. The van der Waals surface area contributed by atoms with Crippen molar-refractivity contribution in [2.45, 2.75) is 32.7 Å². The molecule has 2 rings (SSSR count). The van der Waals surface area contributed by atoms with Crippen LogP contribution in [0, 0.1) is 23.0 Å². The first-order valence-electron chi connectivity index (χ1n) is 4.43. The van der Waals surface area contributed by atoms with Crippen molar-refractivity contribution in [3.05, 3.63) is 11.1 Å². The summed E-state index contributed by atoms with van der Waals surface area (Å²) in [4.78, 5) is 11.1. The normalized spacial score (nSPS) is 40.9. The van der Waals surface area contributed by atoms with Crippen LogP contribution in [0.15, 0.2) is 0 Å². The van der Waals surface area contributed by atoms with Gasteiger partial charge in [0.05, 0.1) is 13.3 Å². The van der Waals surface area contributed by atoms with Gasteiger partial charge < -0.3 is 10.3 Å². The number of hydrogen-bond donors (Lipinski definition) is 0. The Labute approximate surface area is 72.3 Å². The molecule has 0 N–H and O–H groups in total. The second-order valence-electron chi connectivity index (χ2n) is 4.00. The fraction of sp³-hybridized carbons (Fsp3) is 0.778. The largest absolute Gasteiger partial charge is 0.753 e. The zero-order chi connectivity index (χ0) is 8.88. The third kappa shape index (κ3) is 0.860. The van der Waals surface area contributed by atoms with Crippen LogP contribution in [0.5, 0.6) is 0 Å². The first-order chi connectivity index (χ1) is 5.61. The van der Waals surface area contributed by atoms with E-state index in [1.807, 2.05) is 6.92 Å². The molecule has 66 valence electrons. The maximum atomic E-state index is 11.3. The van der Waals surface area contributed by atoms with Gasteiger partial charge in [-0.1, -0.05) is 6.92 Å². The molecule has 12 heavy (non-hydrogen) atoms. The Morgan fingerprint density at radius 1 is 1.67 bits per heavy atom. The van der Waals surface area contributed by atoms with E-state index in [-0.39, 0.29) is 11.9 Å². The van der Waals surface area contributed by atoms with Gasteiger partial charge in [0, 0.05) is 12.3 Å². The molecule has 3 atom stereocenters. The molecule has 2 aliphatic rings. The van der Waals surface area contributed by atoms with E-state index in [2.05, 4.69) is 6.92 Å². The van der Waals surface area contributed by atoms with E-state index < -0.39 is 0 Å². The Morgan fingerprint density at radius 3 is 3.00 bits per heavy atom. The van der Waals surface area contributed by atoms with Crippen molar-refractivity contribution in [1.82, 2.24) is 5.06 Å². The molecular weight excluding hydrogens is 154 g/mol. The summed E-state index contributed by atoms with van der Waals surface area (Å²) in [5, 5.41) is 12.0. The van der Waals surface area contributed by atoms with Crippen LogP contribution in [0.1, 0.15) is 26.7 Å². The minimum Gasteiger partial charge on any atom is -0.753 e. The fourth-order valence-electron chi connectivity index (χ4n) is 2.49. The predicted molar refractivity (Wildman–Crippen MR) is 44.8 cm³/mol. The predicted octanol–water partition coefficient (Wildman–Crippen LogP) is 1.34. The molecule has 0 aromatic rings. The Hall–Kier alpha value is -0.700. The van der Waals surface area contributed by atoms with Crippen molar-refractivity contribution < 1.29 is 4.79 Å². The van der Waals surface area contributed by atoms with Gasteiger partial charge in [0.25, 0.3) is 0 Å². The van der Waals surface area contributed by atoms with Gasteiger partial charge in [-0.05, 0) is 0 Å². The molecule has 0 aromatic carbocycles. The lowest BCUT2D eigenvalue weighted by molar-refractivity contribution is -0.132. The molecule has 1 amide bonds. The van der Waals surface area contributed by atoms with Gasteiger partial charge in [-0.25, -0.2) is 0 Å². The summed E-state index contributed by atoms with van der Waals surface area (Å²) in [6.45, 7) is 4.14. The van der Waals surface area contributed by atoms with Gasteiger partial charge in [-0.3, -0.25) is 4.79 Å². The molecule has 0 aromatic heterocycles. The highest BCUT2D eigenvalue weighted by Crippen LogP contribution is 2.46. The number of hydrogen-bond acceptors (Lipinski definition) is 2. The van der Waals surface area contributed by atoms with Crippen molar-refractivity contribution >= 4 is 5.91 Å². The molecule has 1 heterocycles. The number of hydroxylamine groups is 2. The van der Waals surface area contributed by atoms with Gasteiger partial charge in [0.15, 0.2) is 6.04 Å². The maximum Gasteiger partial charge on any atom is 0.220 e. The van der Waals surface area contributed by atoms with Gasteiger partial charge in [0.2, 0.25) is 5.91 Å². The van der Waals surface area contributed by atoms with Crippen LogP contribution >= 0.6 is 0 Å². The standard InChI is InChI=1S/C9H13NO2/c1-5-3-8-6(2)7(5)4-9(11)10(8)12/h5,7-8H,3-4H2,1-2H3/t5-,7?,8?/m1/s1. The average molecular weight is 167 g/mol. The number of amides is 1. The summed E-state index contributed by atoms with van der Waals surface area (Å²) in [6.07, 6.45) is 1.30. The topological polar surface area (TPSA) is 43.4 Å². The fourth-order valence-corrected chi connectivity index (χ4v) is 2.49. The summed E-state index contributed by atoms with van der Waals surface area (Å²) in [5.41, 5.74) is 0. The van der Waals surface area contributed by atoms with Gasteiger partial charge in [0.1, 0.15) is 11.8 Å². The van der Waals surface area contributed by atoms with Crippen molar-refractivity contribution in [2.75, 3.05) is 0 Å². The molecule has 2 unspecified atom stereocenters. The van der Waals surface area contributed by atoms with Crippen LogP contribution in [-0.2, 0) is 4.79 Å². The van der Waals surface area contributed by atoms with Crippen LogP contribution in [0.3, 0.4) is 0 Å². The van der Waals surface area contributed by atoms with Crippen molar-refractivity contribution in [3.63, 3.8) is 0 Å². The number of carbonyl (C=O) groups excluding carboxylic acids is 1. The first kappa shape index (κ1) is 7.92. The summed E-state index contributed by atoms with van der Waals surface area (Å²) >= 11 is 0. The molecule has 1 saturated carbocycles. The van der Waals surface area contributed by atoms with Crippen LogP contribution < -0.4 is 0 Å². The highest BCUT2D eigenvalue weighted by molar-refractivity contribution is 5.79. The molecule has 1 aliphatic carbocycles. The second-order valence-corrected chi connectivity index (χ2v) is 4.00. The van der Waals surface area contributed by atoms with Crippen LogP contribution in [-0.4, -0.2) is 17.0 Å². The zero-order valence-electron chi connectivity index (χ0n) is 7.41. The molecule has 1 aliphatic heterocycles. The third-order valence-electron chi connectivity index (χ3n) is 3.32. The molecule has 2 fully saturated rings. The quantitative estimate of drug-likeness (QED) is 0.511. The Morgan fingerprint density at radius 2 is 2.33 bits per heavy atom. The van der Waals surface area contributed by atoms with E-state index in [9.17, 15) is 10.0 Å². The molecule has 0 spiro atoms. The Kier molecular flexibility index (Phi) is 1.58. The summed E-state index contributed by atoms with van der Waals surface area (Å²) < 4.78 is 0. The number of fused-ring (bicyclic) bond motifs is 2. The van der Waals surface area contributed by atoms with E-state index in [1.165, 1.54) is 5.92 Å². The van der Waals surface area contributed by atoms with Gasteiger partial charge >= 0.3 is 0 Å². The maximum absolute atomic E-state index is 11.3. The van der Waals surface area contributed by atoms with E-state index in [4.69, 9.17) is 0 Å². The summed E-state index contributed by atoms with van der Waals surface area (Å²) in [5.74, 6) is 1.89. The number of nitrogens with zero attached hydrogens (tertiary/aromatic N) is 1. The van der Waals surface area contributed by atoms with E-state index in [0.29, 0.717) is 23.3 Å². The molecular formula is C9H13NO2. The van der Waals surface area contributed by atoms with Gasteiger partial charge in [-0.2, -0.15) is 0 Å². The lowest BCUT2D eigenvalue weighted by Crippen LogP contribution is -2.42. The molecule has 1 saturated heterocycles. The third-order valence-corrected chi connectivity index (χ3v) is 3.32.